The van der Waals surface area contributed by atoms with Crippen molar-refractivity contribution in [2.75, 3.05) is 26.4 Å². The molecule has 12 heteroatoms. The normalized spacial score (nSPS) is 22.7. The first-order valence-electron chi connectivity index (χ1n) is 16.3. The van der Waals surface area contributed by atoms with E-state index in [1.165, 1.54) is 0 Å². The van der Waals surface area contributed by atoms with Gasteiger partial charge in [0.25, 0.3) is 0 Å². The molecule has 0 bridgehead atoms. The molecule has 2 aromatic rings. The average molecular weight is 792 g/mol. The van der Waals surface area contributed by atoms with Crippen molar-refractivity contribution in [2.24, 2.45) is 43.6 Å². The van der Waals surface area contributed by atoms with E-state index < -0.39 is 0 Å². The first-order chi connectivity index (χ1) is 22.5. The third-order valence-electron chi connectivity index (χ3n) is 8.39. The van der Waals surface area contributed by atoms with Crippen LogP contribution >= 0.6 is 19.4 Å². The second kappa shape index (κ2) is 19.0. The zero-order valence-electron chi connectivity index (χ0n) is 29.0. The van der Waals surface area contributed by atoms with Gasteiger partial charge in [-0.2, -0.15) is 0 Å². The summed E-state index contributed by atoms with van der Waals surface area (Å²) in [6.07, 6.45) is 0. The molecule has 4 heterocycles. The van der Waals surface area contributed by atoms with E-state index in [4.69, 9.17) is 38.3 Å². The fraction of sp³-hybridized carbons (Fsp3) is 0.556. The van der Waals surface area contributed by atoms with Gasteiger partial charge in [-0.3, -0.25) is 9.98 Å². The van der Waals surface area contributed by atoms with Crippen LogP contribution in [0.5, 0.6) is 0 Å². The van der Waals surface area contributed by atoms with Gasteiger partial charge in [0.1, 0.15) is 38.2 Å². The number of halogens is 2. The summed E-state index contributed by atoms with van der Waals surface area (Å²) >= 11 is -0.226. The van der Waals surface area contributed by atoms with Crippen LogP contribution in [0.4, 0.5) is 0 Å². The predicted molar refractivity (Wildman–Crippen MR) is 191 cm³/mol. The zero-order valence-corrected chi connectivity index (χ0v) is 32.2. The van der Waals surface area contributed by atoms with E-state index in [9.17, 15) is 0 Å². The standard InChI is InChI=1S/C18H24N2O2.C18H23N2O2.2ClH.H2O.Rh/c2*1-11(2)15-9-21-17(19-15)13-6-5-7-14(8-13)18-20-16(10-22-18)12(3)4;;;;/h5-8,11-12,15-16H,9-10H2,1-4H3;5-7,11-12,15-16H,9-10H2,1-4H3;2*1H;1H2;/q;-1;;;;+3/p-2/t2*15-,16-;;;;/m11..../s1. The van der Waals surface area contributed by atoms with E-state index in [-0.39, 0.29) is 44.8 Å². The minimum atomic E-state index is -0.226. The summed E-state index contributed by atoms with van der Waals surface area (Å²) in [6, 6.07) is 18.4. The Hall–Kier alpha value is -2.52. The minimum absolute atomic E-state index is 0. The molecule has 2 aromatic carbocycles. The molecule has 48 heavy (non-hydrogen) atoms. The average Bonchev–Trinajstić information content (AvgIpc) is 3.88. The summed E-state index contributed by atoms with van der Waals surface area (Å²) in [6.45, 7) is 20.0. The van der Waals surface area contributed by atoms with Crippen molar-refractivity contribution in [1.29, 1.82) is 0 Å². The zero-order chi connectivity index (χ0) is 34.1. The van der Waals surface area contributed by atoms with Crippen LogP contribution in [-0.4, -0.2) is 79.7 Å². The molecule has 266 valence electrons. The van der Waals surface area contributed by atoms with Crippen molar-refractivity contribution in [2.45, 2.75) is 79.6 Å². The Morgan fingerprint density at radius 1 is 0.562 bits per heavy atom. The summed E-state index contributed by atoms with van der Waals surface area (Å²) < 4.78 is 23.0. The van der Waals surface area contributed by atoms with Gasteiger partial charge < -0.3 is 24.4 Å². The number of nitrogens with zero attached hydrogens (tertiary/aromatic N) is 4. The monoisotopic (exact) mass is 790 g/mol. The third kappa shape index (κ3) is 10.7. The molecule has 9 nitrogen and oxygen atoms in total. The van der Waals surface area contributed by atoms with Crippen LogP contribution in [0.2, 0.25) is 0 Å². The molecule has 4 aliphatic heterocycles. The molecule has 2 N–H and O–H groups in total. The van der Waals surface area contributed by atoms with E-state index in [2.05, 4.69) is 87.5 Å². The summed E-state index contributed by atoms with van der Waals surface area (Å²) in [5.74, 6) is 4.79. The molecule has 0 saturated heterocycles. The van der Waals surface area contributed by atoms with Crippen LogP contribution in [0, 0.1) is 29.7 Å². The van der Waals surface area contributed by atoms with Crippen LogP contribution in [0.15, 0.2) is 62.4 Å². The van der Waals surface area contributed by atoms with Gasteiger partial charge >= 0.3 is 34.5 Å². The van der Waals surface area contributed by atoms with Crippen LogP contribution in [0.25, 0.3) is 0 Å². The van der Waals surface area contributed by atoms with Crippen molar-refractivity contribution < 1.29 is 39.6 Å². The van der Waals surface area contributed by atoms with Crippen LogP contribution < -0.4 is 0 Å². The van der Waals surface area contributed by atoms with Crippen molar-refractivity contribution in [3.8, 4) is 0 Å². The Morgan fingerprint density at radius 3 is 1.17 bits per heavy atom. The van der Waals surface area contributed by atoms with Gasteiger partial charge in [-0.05, 0) is 41.9 Å². The van der Waals surface area contributed by atoms with E-state index >= 15 is 0 Å². The Morgan fingerprint density at radius 2 is 0.854 bits per heavy atom. The molecule has 0 radical (unpaired) electrons. The number of ether oxygens (including phenoxy) is 4. The predicted octanol–water partition coefficient (Wildman–Crippen LogP) is 6.93. The Balaban J connectivity index is 0.000000236. The van der Waals surface area contributed by atoms with Gasteiger partial charge in [0.2, 0.25) is 11.8 Å². The molecule has 0 amide bonds. The number of aliphatic imine (C=N–C) groups is 4. The quantitative estimate of drug-likeness (QED) is 0.213. The summed E-state index contributed by atoms with van der Waals surface area (Å²) in [5.41, 5.74) is 3.75. The summed E-state index contributed by atoms with van der Waals surface area (Å²) in [4.78, 5) is 18.7. The molecular formula is C36H49Cl2N4O5Rh. The molecule has 0 fully saturated rings. The van der Waals surface area contributed by atoms with E-state index in [0.717, 1.165) is 34.0 Å². The van der Waals surface area contributed by atoms with Gasteiger partial charge in [0, 0.05) is 11.1 Å². The molecule has 0 unspecified atom stereocenters. The second-order valence-corrected chi connectivity index (χ2v) is 15.8. The SMILES string of the molecule is CC(C)[C@H]1COC(c2[c-]c(C3=N[C@@H](C(C)C)CO3)ccc2)=N1.CC(C)[C@H]1COC(c2cccc(C3=N[C@@H](C(C)C)CO3)c2)=N1.O.[Cl][Rh+][Cl]. The fourth-order valence-corrected chi connectivity index (χ4v) is 5.04. The van der Waals surface area contributed by atoms with E-state index in [1.807, 2.05) is 36.4 Å². The Kier molecular flexibility index (Phi) is 15.8. The summed E-state index contributed by atoms with van der Waals surface area (Å²) in [5, 5.41) is 0. The maximum absolute atomic E-state index is 5.76. The number of benzene rings is 2. The molecule has 4 aliphatic rings. The first kappa shape index (κ1) is 39.9. The van der Waals surface area contributed by atoms with Crippen molar-refractivity contribution >= 4 is 43.0 Å². The van der Waals surface area contributed by atoms with Gasteiger partial charge in [-0.1, -0.05) is 72.6 Å². The molecule has 0 saturated carbocycles. The van der Waals surface area contributed by atoms with Gasteiger partial charge in [-0.15, -0.1) is 24.3 Å². The maximum atomic E-state index is 5.76. The van der Waals surface area contributed by atoms with Gasteiger partial charge in [0.15, 0.2) is 0 Å². The first-order valence-corrected chi connectivity index (χ1v) is 20.5. The number of hydrogen-bond acceptors (Lipinski definition) is 8. The number of rotatable bonds is 8. The molecule has 0 aliphatic carbocycles. The van der Waals surface area contributed by atoms with E-state index in [1.54, 1.807) is 0 Å². The number of hydrogen-bond donors (Lipinski definition) is 0. The molecular weight excluding hydrogens is 742 g/mol. The van der Waals surface area contributed by atoms with Crippen molar-refractivity contribution in [3.05, 3.63) is 70.8 Å². The molecule has 6 rings (SSSR count). The third-order valence-corrected chi connectivity index (χ3v) is 8.39. The van der Waals surface area contributed by atoms with Crippen molar-refractivity contribution in [1.82, 2.24) is 0 Å². The molecule has 0 aromatic heterocycles. The van der Waals surface area contributed by atoms with E-state index in [0.29, 0.717) is 61.9 Å². The topological polar surface area (TPSA) is 118 Å². The fourth-order valence-electron chi connectivity index (χ4n) is 5.04. The van der Waals surface area contributed by atoms with Crippen LogP contribution in [0.3, 0.4) is 0 Å². The van der Waals surface area contributed by atoms with Gasteiger partial charge in [0.05, 0.1) is 24.2 Å². The van der Waals surface area contributed by atoms with Crippen LogP contribution in [0.1, 0.15) is 77.6 Å². The summed E-state index contributed by atoms with van der Waals surface area (Å²) in [7, 11) is 9.67. The molecule has 0 spiro atoms. The molecule has 4 atom stereocenters. The van der Waals surface area contributed by atoms with Gasteiger partial charge in [-0.25, -0.2) is 9.98 Å². The van der Waals surface area contributed by atoms with Crippen molar-refractivity contribution in [3.63, 3.8) is 0 Å². The second-order valence-electron chi connectivity index (χ2n) is 13.3. The Labute approximate surface area is 301 Å². The van der Waals surface area contributed by atoms with Crippen LogP contribution in [-0.2, 0) is 34.1 Å². The Bertz CT molecular complexity index is 1260.